The Hall–Kier alpha value is -1.52. The highest BCUT2D eigenvalue weighted by molar-refractivity contribution is 6.33. The monoisotopic (exact) mass is 271 g/mol. The Balaban J connectivity index is 2.31. The number of rotatable bonds is 2. The van der Waals surface area contributed by atoms with E-state index in [1.54, 1.807) is 6.07 Å². The second kappa shape index (κ2) is 4.77. The molecule has 0 radical (unpaired) electrons. The van der Waals surface area contributed by atoms with E-state index < -0.39 is 5.82 Å². The van der Waals surface area contributed by atoms with Crippen LogP contribution < -0.4 is 11.1 Å². The van der Waals surface area contributed by atoms with Crippen LogP contribution in [0.25, 0.3) is 0 Å². The van der Waals surface area contributed by atoms with Crippen molar-refractivity contribution < 1.29 is 4.39 Å². The molecule has 2 aromatic rings. The minimum Gasteiger partial charge on any atom is -0.396 e. The Morgan fingerprint density at radius 2 is 2.00 bits per heavy atom. The fourth-order valence-electron chi connectivity index (χ4n) is 1.28. The molecule has 0 bridgehead atoms. The summed E-state index contributed by atoms with van der Waals surface area (Å²) in [7, 11) is 0. The molecule has 0 atom stereocenters. The third-order valence-electron chi connectivity index (χ3n) is 2.07. The van der Waals surface area contributed by atoms with Crippen LogP contribution in [0.5, 0.6) is 0 Å². The van der Waals surface area contributed by atoms with Crippen LogP contribution in [0.3, 0.4) is 0 Å². The molecule has 3 nitrogen and oxygen atoms in total. The van der Waals surface area contributed by atoms with Gasteiger partial charge in [-0.3, -0.25) is 0 Å². The van der Waals surface area contributed by atoms with Gasteiger partial charge in [-0.2, -0.15) is 0 Å². The summed E-state index contributed by atoms with van der Waals surface area (Å²) in [6, 6.07) is 5.57. The molecule has 3 N–H and O–H groups in total. The number of hydrogen-bond acceptors (Lipinski definition) is 3. The zero-order valence-electron chi connectivity index (χ0n) is 8.55. The van der Waals surface area contributed by atoms with Gasteiger partial charge in [0.05, 0.1) is 21.4 Å². The summed E-state index contributed by atoms with van der Waals surface area (Å²) in [5.41, 5.74) is 6.63. The number of anilines is 3. The molecule has 0 unspecified atom stereocenters. The highest BCUT2D eigenvalue weighted by atomic mass is 35.5. The molecule has 1 aromatic carbocycles. The number of aromatic nitrogens is 1. The first-order valence-corrected chi connectivity index (χ1v) is 5.45. The maximum Gasteiger partial charge on any atom is 0.153 e. The number of benzene rings is 1. The number of nitrogens with one attached hydrogen (secondary N) is 1. The molecule has 0 aliphatic rings. The van der Waals surface area contributed by atoms with Gasteiger partial charge in [-0.25, -0.2) is 9.37 Å². The quantitative estimate of drug-likeness (QED) is 0.872. The number of nitrogens with zero attached hydrogens (tertiary/aromatic N) is 1. The summed E-state index contributed by atoms with van der Waals surface area (Å²) >= 11 is 11.6. The first-order valence-electron chi connectivity index (χ1n) is 4.69. The molecule has 0 spiro atoms. The zero-order valence-corrected chi connectivity index (χ0v) is 10.1. The first kappa shape index (κ1) is 12.0. The molecular formula is C11H8Cl2FN3. The molecule has 2 rings (SSSR count). The molecule has 0 saturated carbocycles. The van der Waals surface area contributed by atoms with Gasteiger partial charge in [-0.05, 0) is 24.3 Å². The van der Waals surface area contributed by atoms with Crippen LogP contribution in [-0.2, 0) is 0 Å². The molecule has 88 valence electrons. The lowest BCUT2D eigenvalue weighted by Gasteiger charge is -2.09. The van der Waals surface area contributed by atoms with Crippen molar-refractivity contribution >= 4 is 40.4 Å². The summed E-state index contributed by atoms with van der Waals surface area (Å²) in [6.45, 7) is 0. The van der Waals surface area contributed by atoms with E-state index in [4.69, 9.17) is 28.9 Å². The lowest BCUT2D eigenvalue weighted by atomic mass is 10.3. The average molecular weight is 272 g/mol. The largest absolute Gasteiger partial charge is 0.396 e. The fourth-order valence-corrected chi connectivity index (χ4v) is 1.66. The van der Waals surface area contributed by atoms with Crippen LogP contribution in [0.2, 0.25) is 10.0 Å². The van der Waals surface area contributed by atoms with E-state index >= 15 is 0 Å². The summed E-state index contributed by atoms with van der Waals surface area (Å²) in [4.78, 5) is 4.02. The van der Waals surface area contributed by atoms with E-state index in [2.05, 4.69) is 10.3 Å². The lowest BCUT2D eigenvalue weighted by Crippen LogP contribution is -1.99. The smallest absolute Gasteiger partial charge is 0.153 e. The van der Waals surface area contributed by atoms with Gasteiger partial charge in [0.2, 0.25) is 0 Å². The maximum absolute atomic E-state index is 12.8. The second-order valence-electron chi connectivity index (χ2n) is 3.34. The minimum atomic E-state index is -0.405. The van der Waals surface area contributed by atoms with Crippen LogP contribution in [0.15, 0.2) is 30.5 Å². The molecule has 17 heavy (non-hydrogen) atoms. The van der Waals surface area contributed by atoms with Crippen molar-refractivity contribution in [3.8, 4) is 0 Å². The molecule has 0 fully saturated rings. The van der Waals surface area contributed by atoms with Gasteiger partial charge >= 0.3 is 0 Å². The highest BCUT2D eigenvalue weighted by Gasteiger charge is 2.06. The third kappa shape index (κ3) is 2.78. The van der Waals surface area contributed by atoms with E-state index in [1.807, 2.05) is 0 Å². The summed E-state index contributed by atoms with van der Waals surface area (Å²) in [6.07, 6.45) is 1.46. The summed E-state index contributed by atoms with van der Waals surface area (Å²) in [5, 5.41) is 3.60. The highest BCUT2D eigenvalue weighted by Crippen LogP contribution is 2.28. The maximum atomic E-state index is 12.8. The van der Waals surface area contributed by atoms with Crippen LogP contribution in [0.4, 0.5) is 21.6 Å². The summed E-state index contributed by atoms with van der Waals surface area (Å²) < 4.78 is 12.8. The van der Waals surface area contributed by atoms with Gasteiger partial charge in [0.1, 0.15) is 5.82 Å². The molecule has 0 aliphatic carbocycles. The molecule has 1 aromatic heterocycles. The predicted molar refractivity (Wildman–Crippen MR) is 68.4 cm³/mol. The third-order valence-corrected chi connectivity index (χ3v) is 2.59. The van der Waals surface area contributed by atoms with Gasteiger partial charge in [-0.15, -0.1) is 0 Å². The van der Waals surface area contributed by atoms with E-state index in [1.165, 1.54) is 24.4 Å². The molecular weight excluding hydrogens is 264 g/mol. The van der Waals surface area contributed by atoms with Crippen molar-refractivity contribution in [3.05, 3.63) is 46.3 Å². The zero-order chi connectivity index (χ0) is 12.4. The standard InChI is InChI=1S/C11H8Cl2FN3/c12-6-3-9(15)11(16-5-6)17-10-2-1-7(14)4-8(10)13/h1-5H,15H2,(H,16,17). The number of hydrogen-bond donors (Lipinski definition) is 2. The summed E-state index contributed by atoms with van der Waals surface area (Å²) in [5.74, 6) is 0.0143. The van der Waals surface area contributed by atoms with Crippen LogP contribution in [-0.4, -0.2) is 4.98 Å². The molecule has 0 aliphatic heterocycles. The normalized spacial score (nSPS) is 10.3. The van der Waals surface area contributed by atoms with Crippen LogP contribution in [0.1, 0.15) is 0 Å². The van der Waals surface area contributed by atoms with Gasteiger partial charge in [-0.1, -0.05) is 23.2 Å². The molecule has 6 heteroatoms. The Morgan fingerprint density at radius 1 is 1.24 bits per heavy atom. The molecule has 0 amide bonds. The van der Waals surface area contributed by atoms with Gasteiger partial charge in [0, 0.05) is 6.20 Å². The van der Waals surface area contributed by atoms with Gasteiger partial charge in [0.15, 0.2) is 5.82 Å². The molecule has 0 saturated heterocycles. The van der Waals surface area contributed by atoms with Crippen LogP contribution >= 0.6 is 23.2 Å². The SMILES string of the molecule is Nc1cc(Cl)cnc1Nc1ccc(F)cc1Cl. The van der Waals surface area contributed by atoms with Crippen molar-refractivity contribution in [2.45, 2.75) is 0 Å². The van der Waals surface area contributed by atoms with Gasteiger partial charge in [0.25, 0.3) is 0 Å². The number of nitrogen functional groups attached to an aromatic ring is 1. The number of nitrogens with two attached hydrogens (primary N) is 1. The Kier molecular flexibility index (Phi) is 3.36. The fraction of sp³-hybridized carbons (Fsp3) is 0. The van der Waals surface area contributed by atoms with E-state index in [0.717, 1.165) is 0 Å². The van der Waals surface area contributed by atoms with E-state index in [0.29, 0.717) is 22.2 Å². The van der Waals surface area contributed by atoms with Crippen molar-refractivity contribution in [1.82, 2.24) is 4.98 Å². The van der Waals surface area contributed by atoms with Crippen molar-refractivity contribution in [3.63, 3.8) is 0 Å². The van der Waals surface area contributed by atoms with Crippen LogP contribution in [0, 0.1) is 5.82 Å². The van der Waals surface area contributed by atoms with Crippen molar-refractivity contribution in [1.29, 1.82) is 0 Å². The lowest BCUT2D eigenvalue weighted by molar-refractivity contribution is 0.628. The van der Waals surface area contributed by atoms with Gasteiger partial charge < -0.3 is 11.1 Å². The predicted octanol–water partition coefficient (Wildman–Crippen LogP) is 3.85. The van der Waals surface area contributed by atoms with Crippen molar-refractivity contribution in [2.75, 3.05) is 11.1 Å². The van der Waals surface area contributed by atoms with E-state index in [9.17, 15) is 4.39 Å². The Bertz CT molecular complexity index is 511. The average Bonchev–Trinajstić information content (AvgIpc) is 2.25. The molecule has 1 heterocycles. The number of pyridine rings is 1. The van der Waals surface area contributed by atoms with E-state index in [-0.39, 0.29) is 5.02 Å². The Labute approximate surface area is 107 Å². The minimum absolute atomic E-state index is 0.251. The van der Waals surface area contributed by atoms with Crippen molar-refractivity contribution in [2.24, 2.45) is 0 Å². The number of halogens is 3. The Morgan fingerprint density at radius 3 is 2.65 bits per heavy atom. The second-order valence-corrected chi connectivity index (χ2v) is 4.18. The first-order chi connectivity index (χ1) is 8.06. The topological polar surface area (TPSA) is 50.9 Å².